The molecule has 2 saturated carbocycles. The summed E-state index contributed by atoms with van der Waals surface area (Å²) in [6.07, 6.45) is 13.5. The number of halogens is 1. The van der Waals surface area contributed by atoms with E-state index in [0.29, 0.717) is 18.3 Å². The normalized spacial score (nSPS) is 28.9. The highest BCUT2D eigenvalue weighted by Gasteiger charge is 2.31. The van der Waals surface area contributed by atoms with Crippen molar-refractivity contribution in [1.82, 2.24) is 0 Å². The maximum absolute atomic E-state index is 12.9. The summed E-state index contributed by atoms with van der Waals surface area (Å²) in [5.74, 6) is 2.47. The van der Waals surface area contributed by atoms with Crippen LogP contribution in [-0.2, 0) is 0 Å². The standard InChI is InChI=1S/C24H29FN2/c25-24(17-27)3-1-2-18-4-8-20(9-5-18)22-12-14-23(15-13-22)21-10-6-19(16-26)7-11-21/h3,6-7,10-11,18,20,22-23H,1-2,4-5,8-9,12-15H2/t18-,20-,22-,23-. The van der Waals surface area contributed by atoms with Crippen LogP contribution in [0.15, 0.2) is 36.2 Å². The molecule has 1 aromatic carbocycles. The number of benzene rings is 1. The average molecular weight is 365 g/mol. The molecule has 0 N–H and O–H groups in total. The summed E-state index contributed by atoms with van der Waals surface area (Å²) in [6, 6.07) is 11.9. The summed E-state index contributed by atoms with van der Waals surface area (Å²) in [5, 5.41) is 17.4. The summed E-state index contributed by atoms with van der Waals surface area (Å²) in [4.78, 5) is 0. The number of hydrogen-bond donors (Lipinski definition) is 0. The Kier molecular flexibility index (Phi) is 7.05. The Morgan fingerprint density at radius 1 is 0.926 bits per heavy atom. The van der Waals surface area contributed by atoms with Crippen LogP contribution in [-0.4, -0.2) is 0 Å². The van der Waals surface area contributed by atoms with Gasteiger partial charge in [0.2, 0.25) is 0 Å². The van der Waals surface area contributed by atoms with Gasteiger partial charge in [-0.1, -0.05) is 25.0 Å². The van der Waals surface area contributed by atoms with E-state index in [4.69, 9.17) is 10.5 Å². The monoisotopic (exact) mass is 364 g/mol. The quantitative estimate of drug-likeness (QED) is 0.540. The molecule has 2 nitrogen and oxygen atoms in total. The smallest absolute Gasteiger partial charge is 0.195 e. The largest absolute Gasteiger partial charge is 0.196 e. The third-order valence-electron chi connectivity index (χ3n) is 6.85. The first-order valence-electron chi connectivity index (χ1n) is 10.5. The lowest BCUT2D eigenvalue weighted by Gasteiger charge is -2.38. The lowest BCUT2D eigenvalue weighted by Crippen LogP contribution is -2.25. The first kappa shape index (κ1) is 19.6. The first-order chi connectivity index (χ1) is 13.2. The van der Waals surface area contributed by atoms with E-state index in [2.05, 4.69) is 18.2 Å². The summed E-state index contributed by atoms with van der Waals surface area (Å²) in [7, 11) is 0. The van der Waals surface area contributed by atoms with Crippen molar-refractivity contribution < 1.29 is 4.39 Å². The van der Waals surface area contributed by atoms with Gasteiger partial charge in [-0.3, -0.25) is 0 Å². The van der Waals surface area contributed by atoms with Gasteiger partial charge >= 0.3 is 0 Å². The van der Waals surface area contributed by atoms with Gasteiger partial charge in [-0.15, -0.1) is 0 Å². The third-order valence-corrected chi connectivity index (χ3v) is 6.85. The highest BCUT2D eigenvalue weighted by molar-refractivity contribution is 5.33. The molecule has 0 amide bonds. The Morgan fingerprint density at radius 2 is 1.52 bits per heavy atom. The van der Waals surface area contributed by atoms with Crippen molar-refractivity contribution in [2.24, 2.45) is 17.8 Å². The van der Waals surface area contributed by atoms with Crippen molar-refractivity contribution in [3.05, 3.63) is 47.3 Å². The van der Waals surface area contributed by atoms with E-state index < -0.39 is 5.83 Å². The summed E-state index contributed by atoms with van der Waals surface area (Å²) in [6.45, 7) is 0. The van der Waals surface area contributed by atoms with Crippen LogP contribution in [0.1, 0.15) is 81.3 Å². The van der Waals surface area contributed by atoms with Gasteiger partial charge in [0, 0.05) is 0 Å². The van der Waals surface area contributed by atoms with E-state index >= 15 is 0 Å². The van der Waals surface area contributed by atoms with Gasteiger partial charge in [-0.2, -0.15) is 14.9 Å². The summed E-state index contributed by atoms with van der Waals surface area (Å²) >= 11 is 0. The van der Waals surface area contributed by atoms with E-state index in [9.17, 15) is 4.39 Å². The molecule has 0 bridgehead atoms. The van der Waals surface area contributed by atoms with Crippen molar-refractivity contribution in [2.75, 3.05) is 0 Å². The highest BCUT2D eigenvalue weighted by Crippen LogP contribution is 2.44. The highest BCUT2D eigenvalue weighted by atomic mass is 19.1. The Labute approximate surface area is 162 Å². The van der Waals surface area contributed by atoms with Crippen molar-refractivity contribution in [3.8, 4) is 12.1 Å². The number of allylic oxidation sites excluding steroid dienone is 2. The van der Waals surface area contributed by atoms with Gasteiger partial charge < -0.3 is 0 Å². The summed E-state index contributed by atoms with van der Waals surface area (Å²) in [5.41, 5.74) is 2.14. The molecule has 3 rings (SSSR count). The third kappa shape index (κ3) is 5.43. The Morgan fingerprint density at radius 3 is 2.07 bits per heavy atom. The number of nitriles is 2. The molecular weight excluding hydrogens is 335 g/mol. The minimum Gasteiger partial charge on any atom is -0.195 e. The molecule has 2 aliphatic carbocycles. The van der Waals surface area contributed by atoms with Crippen LogP contribution in [0.3, 0.4) is 0 Å². The molecule has 0 radical (unpaired) electrons. The van der Waals surface area contributed by atoms with Crippen LogP contribution in [0.5, 0.6) is 0 Å². The lowest BCUT2D eigenvalue weighted by molar-refractivity contribution is 0.157. The second-order valence-corrected chi connectivity index (χ2v) is 8.37. The molecule has 0 heterocycles. The van der Waals surface area contributed by atoms with Crippen LogP contribution in [0, 0.1) is 40.4 Å². The zero-order valence-corrected chi connectivity index (χ0v) is 16.0. The van der Waals surface area contributed by atoms with E-state index in [-0.39, 0.29) is 0 Å². The fourth-order valence-corrected chi connectivity index (χ4v) is 5.19. The van der Waals surface area contributed by atoms with Gasteiger partial charge in [-0.25, -0.2) is 0 Å². The van der Waals surface area contributed by atoms with Crippen molar-refractivity contribution in [2.45, 2.75) is 70.1 Å². The molecule has 2 fully saturated rings. The molecule has 3 heteroatoms. The second kappa shape index (κ2) is 9.70. The fraction of sp³-hybridized carbons (Fsp3) is 0.583. The number of rotatable bonds is 5. The van der Waals surface area contributed by atoms with Crippen LogP contribution >= 0.6 is 0 Å². The number of nitrogens with zero attached hydrogens (tertiary/aromatic N) is 2. The Hall–Kier alpha value is -2.13. The molecule has 0 unspecified atom stereocenters. The number of hydrogen-bond acceptors (Lipinski definition) is 2. The van der Waals surface area contributed by atoms with E-state index in [1.807, 2.05) is 12.1 Å². The van der Waals surface area contributed by atoms with Gasteiger partial charge in [0.05, 0.1) is 11.6 Å². The van der Waals surface area contributed by atoms with Crippen LogP contribution in [0.2, 0.25) is 0 Å². The maximum atomic E-state index is 12.9. The van der Waals surface area contributed by atoms with Gasteiger partial charge in [-0.05, 0) is 98.8 Å². The van der Waals surface area contributed by atoms with Gasteiger partial charge in [0.25, 0.3) is 0 Å². The van der Waals surface area contributed by atoms with Crippen molar-refractivity contribution >= 4 is 0 Å². The average Bonchev–Trinajstić information content (AvgIpc) is 2.74. The van der Waals surface area contributed by atoms with Gasteiger partial charge in [0.1, 0.15) is 6.07 Å². The Bertz CT molecular complexity index is 706. The maximum Gasteiger partial charge on any atom is 0.196 e. The minimum absolute atomic E-state index is 0.636. The fourth-order valence-electron chi connectivity index (χ4n) is 5.19. The molecule has 0 spiro atoms. The lowest BCUT2D eigenvalue weighted by atomic mass is 9.68. The zero-order chi connectivity index (χ0) is 19.1. The van der Waals surface area contributed by atoms with E-state index in [1.54, 1.807) is 6.07 Å². The minimum atomic E-state index is -0.636. The molecule has 0 saturated heterocycles. The molecule has 27 heavy (non-hydrogen) atoms. The van der Waals surface area contributed by atoms with Crippen LogP contribution in [0.4, 0.5) is 4.39 Å². The second-order valence-electron chi connectivity index (χ2n) is 8.37. The molecular formula is C24H29FN2. The molecule has 0 aliphatic heterocycles. The van der Waals surface area contributed by atoms with Crippen molar-refractivity contribution in [1.29, 1.82) is 10.5 Å². The molecule has 142 valence electrons. The van der Waals surface area contributed by atoms with Crippen molar-refractivity contribution in [3.63, 3.8) is 0 Å². The van der Waals surface area contributed by atoms with Crippen LogP contribution < -0.4 is 0 Å². The zero-order valence-electron chi connectivity index (χ0n) is 16.0. The van der Waals surface area contributed by atoms with E-state index in [0.717, 1.165) is 23.8 Å². The topological polar surface area (TPSA) is 47.6 Å². The molecule has 0 aromatic heterocycles. The SMILES string of the molecule is N#CC(F)=CCC[C@H]1CC[C@H]([C@H]2CC[C@H](c3ccc(C#N)cc3)CC2)CC1. The van der Waals surface area contributed by atoms with Gasteiger partial charge in [0.15, 0.2) is 5.83 Å². The summed E-state index contributed by atoms with van der Waals surface area (Å²) < 4.78 is 12.9. The molecule has 2 aliphatic rings. The first-order valence-corrected chi connectivity index (χ1v) is 10.5. The van der Waals surface area contributed by atoms with Crippen LogP contribution in [0.25, 0.3) is 0 Å². The predicted molar refractivity (Wildman–Crippen MR) is 105 cm³/mol. The predicted octanol–water partition coefficient (Wildman–Crippen LogP) is 6.80. The van der Waals surface area contributed by atoms with E-state index in [1.165, 1.54) is 63.0 Å². The Balaban J connectivity index is 1.40. The molecule has 1 aromatic rings. The molecule has 0 atom stereocenters.